The van der Waals surface area contributed by atoms with Crippen LogP contribution in [0.25, 0.3) is 11.3 Å². The highest BCUT2D eigenvalue weighted by Gasteiger charge is 2.08. The number of halogens is 1. The number of aliphatic imine (C=N–C) groups is 1. The van der Waals surface area contributed by atoms with Gasteiger partial charge in [-0.3, -0.25) is 4.99 Å². The van der Waals surface area contributed by atoms with Gasteiger partial charge >= 0.3 is 0 Å². The van der Waals surface area contributed by atoms with Gasteiger partial charge in [-0.1, -0.05) is 35.5 Å². The monoisotopic (exact) mass is 384 g/mol. The summed E-state index contributed by atoms with van der Waals surface area (Å²) in [6.45, 7) is 2.46. The Morgan fingerprint density at radius 2 is 2.10 bits per heavy atom. The molecule has 0 saturated heterocycles. The van der Waals surface area contributed by atoms with Crippen molar-refractivity contribution < 1.29 is 4.52 Å². The third-order valence-electron chi connectivity index (χ3n) is 2.95. The molecular formula is C14H17IN4O. The van der Waals surface area contributed by atoms with Crippen LogP contribution in [0.4, 0.5) is 0 Å². The quantitative estimate of drug-likeness (QED) is 0.798. The number of rotatable bonds is 3. The van der Waals surface area contributed by atoms with E-state index in [1.54, 1.807) is 0 Å². The van der Waals surface area contributed by atoms with Gasteiger partial charge in [0.15, 0.2) is 11.7 Å². The normalized spacial score (nSPS) is 13.9. The van der Waals surface area contributed by atoms with Gasteiger partial charge in [0.2, 0.25) is 0 Å². The predicted octanol–water partition coefficient (Wildman–Crippen LogP) is 2.40. The average molecular weight is 384 g/mol. The molecule has 0 atom stereocenters. The van der Waals surface area contributed by atoms with Gasteiger partial charge in [0, 0.05) is 24.7 Å². The molecule has 1 aliphatic heterocycles. The van der Waals surface area contributed by atoms with Crippen molar-refractivity contribution in [1.82, 2.24) is 15.8 Å². The first-order valence-electron chi connectivity index (χ1n) is 6.45. The van der Waals surface area contributed by atoms with E-state index in [9.17, 15) is 0 Å². The van der Waals surface area contributed by atoms with Gasteiger partial charge in [-0.2, -0.15) is 0 Å². The molecule has 5 nitrogen and oxygen atoms in total. The van der Waals surface area contributed by atoms with Crippen LogP contribution in [-0.4, -0.2) is 24.2 Å². The van der Waals surface area contributed by atoms with Crippen LogP contribution in [-0.2, 0) is 6.54 Å². The first-order valence-corrected chi connectivity index (χ1v) is 6.45. The van der Waals surface area contributed by atoms with Gasteiger partial charge in [-0.05, 0) is 6.42 Å². The summed E-state index contributed by atoms with van der Waals surface area (Å²) < 4.78 is 5.34. The zero-order valence-corrected chi connectivity index (χ0v) is 13.3. The molecule has 6 heteroatoms. The zero-order valence-electron chi connectivity index (χ0n) is 11.0. The molecule has 106 valence electrons. The minimum absolute atomic E-state index is 0. The summed E-state index contributed by atoms with van der Waals surface area (Å²) in [5.41, 5.74) is 1.91. The Morgan fingerprint density at radius 1 is 1.25 bits per heavy atom. The summed E-state index contributed by atoms with van der Waals surface area (Å²) in [6, 6.07) is 11.9. The molecule has 20 heavy (non-hydrogen) atoms. The van der Waals surface area contributed by atoms with Gasteiger partial charge in [0.05, 0.1) is 6.54 Å². The first kappa shape index (κ1) is 14.8. The molecule has 0 aliphatic carbocycles. The molecule has 1 aromatic heterocycles. The summed E-state index contributed by atoms with van der Waals surface area (Å²) in [5, 5.41) is 10.5. The lowest BCUT2D eigenvalue weighted by molar-refractivity contribution is 0.422. The molecule has 1 aromatic carbocycles. The molecule has 2 aromatic rings. The van der Waals surface area contributed by atoms with Crippen LogP contribution in [0.15, 0.2) is 45.9 Å². The van der Waals surface area contributed by atoms with E-state index in [4.69, 9.17) is 4.52 Å². The molecule has 2 heterocycles. The second-order valence-corrected chi connectivity index (χ2v) is 4.41. The Morgan fingerprint density at radius 3 is 2.85 bits per heavy atom. The van der Waals surface area contributed by atoms with Crippen molar-refractivity contribution >= 4 is 29.9 Å². The number of guanidine groups is 1. The predicted molar refractivity (Wildman–Crippen MR) is 89.1 cm³/mol. The minimum Gasteiger partial charge on any atom is -0.356 e. The molecule has 0 spiro atoms. The number of nitrogens with zero attached hydrogens (tertiary/aromatic N) is 2. The molecule has 2 N–H and O–H groups in total. The summed E-state index contributed by atoms with van der Waals surface area (Å²) in [6.07, 6.45) is 1.09. The van der Waals surface area contributed by atoms with E-state index in [0.29, 0.717) is 6.54 Å². The SMILES string of the molecule is I.c1ccc(-c2cc(CNC3=NCCCN3)no2)cc1. The third kappa shape index (κ3) is 3.72. The van der Waals surface area contributed by atoms with Crippen molar-refractivity contribution in [2.24, 2.45) is 4.99 Å². The van der Waals surface area contributed by atoms with Gasteiger partial charge in [0.1, 0.15) is 5.69 Å². The Hall–Kier alpha value is -1.57. The zero-order chi connectivity index (χ0) is 12.9. The van der Waals surface area contributed by atoms with Crippen molar-refractivity contribution in [2.75, 3.05) is 13.1 Å². The maximum absolute atomic E-state index is 5.34. The molecule has 0 saturated carbocycles. The summed E-state index contributed by atoms with van der Waals surface area (Å²) in [5.74, 6) is 1.63. The fraction of sp³-hybridized carbons (Fsp3) is 0.286. The van der Waals surface area contributed by atoms with Crippen LogP contribution in [0.2, 0.25) is 0 Å². The first-order chi connectivity index (χ1) is 9.42. The topological polar surface area (TPSA) is 62.5 Å². The van der Waals surface area contributed by atoms with Crippen molar-refractivity contribution in [3.05, 3.63) is 42.1 Å². The van der Waals surface area contributed by atoms with E-state index in [0.717, 1.165) is 42.5 Å². The Kier molecular flexibility index (Phi) is 5.40. The largest absolute Gasteiger partial charge is 0.356 e. The summed E-state index contributed by atoms with van der Waals surface area (Å²) >= 11 is 0. The smallest absolute Gasteiger partial charge is 0.191 e. The van der Waals surface area contributed by atoms with Gasteiger partial charge < -0.3 is 15.2 Å². The fourth-order valence-electron chi connectivity index (χ4n) is 1.96. The van der Waals surface area contributed by atoms with E-state index in [1.165, 1.54) is 0 Å². The van der Waals surface area contributed by atoms with Crippen molar-refractivity contribution in [1.29, 1.82) is 0 Å². The number of benzene rings is 1. The van der Waals surface area contributed by atoms with Crippen LogP contribution in [0.3, 0.4) is 0 Å². The maximum atomic E-state index is 5.34. The molecule has 0 bridgehead atoms. The highest BCUT2D eigenvalue weighted by Crippen LogP contribution is 2.19. The van der Waals surface area contributed by atoms with E-state index >= 15 is 0 Å². The molecule has 1 aliphatic rings. The van der Waals surface area contributed by atoms with Crippen LogP contribution >= 0.6 is 24.0 Å². The lowest BCUT2D eigenvalue weighted by atomic mass is 10.2. The molecule has 0 radical (unpaired) electrons. The lowest BCUT2D eigenvalue weighted by Gasteiger charge is -2.14. The highest BCUT2D eigenvalue weighted by atomic mass is 127. The number of hydrogen-bond donors (Lipinski definition) is 2. The number of nitrogens with one attached hydrogen (secondary N) is 2. The minimum atomic E-state index is 0. The number of hydrogen-bond acceptors (Lipinski definition) is 5. The Bertz CT molecular complexity index is 568. The van der Waals surface area contributed by atoms with Gasteiger partial charge in [0.25, 0.3) is 0 Å². The number of aromatic nitrogens is 1. The molecule has 0 fully saturated rings. The highest BCUT2D eigenvalue weighted by molar-refractivity contribution is 14.0. The fourth-order valence-corrected chi connectivity index (χ4v) is 1.96. The standard InChI is InChI=1S/C14H16N4O.HI/c1-2-5-11(6-3-1)13-9-12(18-19-13)10-17-14-15-7-4-8-16-14;/h1-3,5-6,9H,4,7-8,10H2,(H2,15,16,17);1H. The van der Waals surface area contributed by atoms with E-state index < -0.39 is 0 Å². The van der Waals surface area contributed by atoms with Crippen molar-refractivity contribution in [2.45, 2.75) is 13.0 Å². The van der Waals surface area contributed by atoms with E-state index in [2.05, 4.69) is 20.8 Å². The summed E-state index contributed by atoms with van der Waals surface area (Å²) in [7, 11) is 0. The van der Waals surface area contributed by atoms with Crippen LogP contribution in [0.1, 0.15) is 12.1 Å². The van der Waals surface area contributed by atoms with Gasteiger partial charge in [-0.15, -0.1) is 24.0 Å². The molecule has 3 rings (SSSR count). The molecule has 0 amide bonds. The van der Waals surface area contributed by atoms with E-state index in [-0.39, 0.29) is 24.0 Å². The van der Waals surface area contributed by atoms with Gasteiger partial charge in [-0.25, -0.2) is 0 Å². The Labute approximate surface area is 134 Å². The molecule has 0 unspecified atom stereocenters. The average Bonchev–Trinajstić information content (AvgIpc) is 2.96. The second kappa shape index (κ2) is 7.28. The maximum Gasteiger partial charge on any atom is 0.191 e. The molecular weight excluding hydrogens is 367 g/mol. The lowest BCUT2D eigenvalue weighted by Crippen LogP contribution is -2.40. The van der Waals surface area contributed by atoms with Crippen LogP contribution in [0.5, 0.6) is 0 Å². The second-order valence-electron chi connectivity index (χ2n) is 4.41. The van der Waals surface area contributed by atoms with Crippen molar-refractivity contribution in [3.8, 4) is 11.3 Å². The van der Waals surface area contributed by atoms with Crippen LogP contribution < -0.4 is 10.6 Å². The third-order valence-corrected chi connectivity index (χ3v) is 2.95. The Balaban J connectivity index is 0.00000147. The summed E-state index contributed by atoms with van der Waals surface area (Å²) in [4.78, 5) is 4.35. The van der Waals surface area contributed by atoms with Crippen LogP contribution in [0, 0.1) is 0 Å². The van der Waals surface area contributed by atoms with E-state index in [1.807, 2.05) is 36.4 Å². The van der Waals surface area contributed by atoms with Crippen molar-refractivity contribution in [3.63, 3.8) is 0 Å².